The van der Waals surface area contributed by atoms with E-state index < -0.39 is 17.6 Å². The molecule has 0 saturated heterocycles. The maximum atomic E-state index is 13.0. The van der Waals surface area contributed by atoms with Gasteiger partial charge in [-0.2, -0.15) is 13.2 Å². The Morgan fingerprint density at radius 1 is 0.852 bits per heavy atom. The molecule has 0 atom stereocenters. The quantitative estimate of drug-likeness (QED) is 0.640. The minimum atomic E-state index is -4.54. The first-order chi connectivity index (χ1) is 12.9. The van der Waals surface area contributed by atoms with E-state index in [4.69, 9.17) is 4.74 Å². The van der Waals surface area contributed by atoms with Crippen molar-refractivity contribution in [2.45, 2.75) is 12.8 Å². The molecule has 0 spiro atoms. The van der Waals surface area contributed by atoms with Gasteiger partial charge in [-0.25, -0.2) is 0 Å². The number of nitrogens with one attached hydrogen (secondary N) is 1. The molecule has 6 heteroatoms. The van der Waals surface area contributed by atoms with Gasteiger partial charge in [0.15, 0.2) is 0 Å². The number of benzene rings is 3. The second-order valence-corrected chi connectivity index (χ2v) is 5.80. The Labute approximate surface area is 154 Å². The Morgan fingerprint density at radius 2 is 1.48 bits per heavy atom. The number of carbonyl (C=O) groups excluding carboxylic acids is 1. The van der Waals surface area contributed by atoms with Crippen molar-refractivity contribution in [3.63, 3.8) is 0 Å². The van der Waals surface area contributed by atoms with Crippen LogP contribution >= 0.6 is 0 Å². The Balaban J connectivity index is 1.66. The van der Waals surface area contributed by atoms with Gasteiger partial charge in [-0.1, -0.05) is 42.5 Å². The molecule has 3 nitrogen and oxygen atoms in total. The number of carbonyl (C=O) groups is 1. The highest BCUT2D eigenvalue weighted by atomic mass is 19.4. The van der Waals surface area contributed by atoms with Gasteiger partial charge >= 0.3 is 6.18 Å². The van der Waals surface area contributed by atoms with E-state index in [0.29, 0.717) is 12.4 Å². The molecule has 0 aliphatic rings. The molecule has 0 bridgehead atoms. The molecule has 1 N–H and O–H groups in total. The lowest BCUT2D eigenvalue weighted by Crippen LogP contribution is -2.16. The molecule has 3 rings (SSSR count). The second-order valence-electron chi connectivity index (χ2n) is 5.80. The van der Waals surface area contributed by atoms with Gasteiger partial charge in [-0.05, 0) is 42.0 Å². The maximum Gasteiger partial charge on any atom is 0.418 e. The van der Waals surface area contributed by atoms with Crippen LogP contribution in [0.4, 0.5) is 18.9 Å². The Morgan fingerprint density at radius 3 is 2.15 bits per heavy atom. The van der Waals surface area contributed by atoms with Gasteiger partial charge in [-0.15, -0.1) is 0 Å². The van der Waals surface area contributed by atoms with E-state index in [9.17, 15) is 18.0 Å². The van der Waals surface area contributed by atoms with Crippen LogP contribution in [-0.2, 0) is 12.8 Å². The van der Waals surface area contributed by atoms with E-state index in [-0.39, 0.29) is 11.3 Å². The number of hydrogen-bond acceptors (Lipinski definition) is 2. The summed E-state index contributed by atoms with van der Waals surface area (Å²) in [5.41, 5.74) is 0.0719. The summed E-state index contributed by atoms with van der Waals surface area (Å²) < 4.78 is 44.7. The molecular weight excluding hydrogens is 355 g/mol. The minimum Gasteiger partial charge on any atom is -0.489 e. The first-order valence-electron chi connectivity index (χ1n) is 8.18. The van der Waals surface area contributed by atoms with Gasteiger partial charge in [-0.3, -0.25) is 4.79 Å². The maximum absolute atomic E-state index is 13.0. The van der Waals surface area contributed by atoms with Gasteiger partial charge < -0.3 is 10.1 Å². The Hall–Kier alpha value is -3.28. The van der Waals surface area contributed by atoms with Gasteiger partial charge in [0.2, 0.25) is 0 Å². The fourth-order valence-electron chi connectivity index (χ4n) is 2.48. The predicted octanol–water partition coefficient (Wildman–Crippen LogP) is 5.54. The summed E-state index contributed by atoms with van der Waals surface area (Å²) in [6, 6.07) is 20.7. The van der Waals surface area contributed by atoms with Crippen LogP contribution in [0.1, 0.15) is 21.5 Å². The SMILES string of the molecule is O=C(Nc1ccccc1C(F)(F)F)c1ccc(OCc2ccccc2)cc1. The van der Waals surface area contributed by atoms with E-state index in [0.717, 1.165) is 11.6 Å². The van der Waals surface area contributed by atoms with Crippen LogP contribution in [0.25, 0.3) is 0 Å². The highest BCUT2D eigenvalue weighted by Crippen LogP contribution is 2.34. The summed E-state index contributed by atoms with van der Waals surface area (Å²) in [6.45, 7) is 0.380. The Bertz CT molecular complexity index is 907. The third-order valence-corrected chi connectivity index (χ3v) is 3.85. The standard InChI is InChI=1S/C21H16F3NO2/c22-21(23,24)18-8-4-5-9-19(18)25-20(26)16-10-12-17(13-11-16)27-14-15-6-2-1-3-7-15/h1-13H,14H2,(H,25,26). The summed E-state index contributed by atoms with van der Waals surface area (Å²) >= 11 is 0. The summed E-state index contributed by atoms with van der Waals surface area (Å²) in [7, 11) is 0. The first-order valence-corrected chi connectivity index (χ1v) is 8.18. The van der Waals surface area contributed by atoms with Crippen LogP contribution in [0.15, 0.2) is 78.9 Å². The van der Waals surface area contributed by atoms with Crippen LogP contribution in [0.5, 0.6) is 5.75 Å². The molecule has 0 aromatic heterocycles. The van der Waals surface area contributed by atoms with Crippen molar-refractivity contribution in [3.8, 4) is 5.75 Å². The van der Waals surface area contributed by atoms with Crippen molar-refractivity contribution in [2.75, 3.05) is 5.32 Å². The summed E-state index contributed by atoms with van der Waals surface area (Å²) in [4.78, 5) is 12.3. The van der Waals surface area contributed by atoms with E-state index in [2.05, 4.69) is 5.32 Å². The molecular formula is C21H16F3NO2. The number of para-hydroxylation sites is 1. The molecule has 3 aromatic carbocycles. The van der Waals surface area contributed by atoms with Crippen molar-refractivity contribution < 1.29 is 22.7 Å². The highest BCUT2D eigenvalue weighted by Gasteiger charge is 2.33. The van der Waals surface area contributed by atoms with Crippen LogP contribution in [0.3, 0.4) is 0 Å². The molecule has 0 radical (unpaired) electrons. The van der Waals surface area contributed by atoms with Gasteiger partial charge in [0.1, 0.15) is 12.4 Å². The summed E-state index contributed by atoms with van der Waals surface area (Å²) in [5, 5.41) is 2.31. The predicted molar refractivity (Wildman–Crippen MR) is 96.6 cm³/mol. The average Bonchev–Trinajstić information content (AvgIpc) is 2.67. The zero-order valence-electron chi connectivity index (χ0n) is 14.2. The van der Waals surface area contributed by atoms with Crippen molar-refractivity contribution >= 4 is 11.6 Å². The van der Waals surface area contributed by atoms with Crippen LogP contribution < -0.4 is 10.1 Å². The molecule has 0 heterocycles. The molecule has 0 fully saturated rings. The van der Waals surface area contributed by atoms with Crippen molar-refractivity contribution in [1.29, 1.82) is 0 Å². The number of hydrogen-bond donors (Lipinski definition) is 1. The molecule has 1 amide bonds. The topological polar surface area (TPSA) is 38.3 Å². The third-order valence-electron chi connectivity index (χ3n) is 3.85. The lowest BCUT2D eigenvalue weighted by atomic mass is 10.1. The molecule has 0 aliphatic carbocycles. The van der Waals surface area contributed by atoms with E-state index in [1.165, 1.54) is 30.3 Å². The molecule has 138 valence electrons. The minimum absolute atomic E-state index is 0.235. The fraction of sp³-hybridized carbons (Fsp3) is 0.0952. The number of halogens is 3. The molecule has 0 unspecified atom stereocenters. The van der Waals surface area contributed by atoms with Crippen LogP contribution in [-0.4, -0.2) is 5.91 Å². The van der Waals surface area contributed by atoms with Crippen molar-refractivity contribution in [3.05, 3.63) is 95.6 Å². The lowest BCUT2D eigenvalue weighted by molar-refractivity contribution is -0.136. The largest absolute Gasteiger partial charge is 0.489 e. The first kappa shape index (κ1) is 18.5. The number of ether oxygens (including phenoxy) is 1. The second kappa shape index (κ2) is 7.95. The van der Waals surface area contributed by atoms with E-state index in [1.54, 1.807) is 12.1 Å². The number of amides is 1. The third kappa shape index (κ3) is 4.88. The monoisotopic (exact) mass is 371 g/mol. The smallest absolute Gasteiger partial charge is 0.418 e. The van der Waals surface area contributed by atoms with Crippen molar-refractivity contribution in [1.82, 2.24) is 0 Å². The molecule has 0 saturated carbocycles. The fourth-order valence-corrected chi connectivity index (χ4v) is 2.48. The van der Waals surface area contributed by atoms with Crippen LogP contribution in [0.2, 0.25) is 0 Å². The van der Waals surface area contributed by atoms with Gasteiger partial charge in [0.25, 0.3) is 5.91 Å². The molecule has 27 heavy (non-hydrogen) atoms. The van der Waals surface area contributed by atoms with Gasteiger partial charge in [0.05, 0.1) is 11.3 Å². The Kier molecular flexibility index (Phi) is 5.45. The average molecular weight is 371 g/mol. The van der Waals surface area contributed by atoms with Gasteiger partial charge in [0, 0.05) is 5.56 Å². The van der Waals surface area contributed by atoms with E-state index in [1.807, 2.05) is 30.3 Å². The normalized spacial score (nSPS) is 11.1. The van der Waals surface area contributed by atoms with Crippen LogP contribution in [0, 0.1) is 0 Å². The lowest BCUT2D eigenvalue weighted by Gasteiger charge is -2.13. The van der Waals surface area contributed by atoms with E-state index >= 15 is 0 Å². The zero-order chi connectivity index (χ0) is 19.3. The highest BCUT2D eigenvalue weighted by molar-refractivity contribution is 6.04. The summed E-state index contributed by atoms with van der Waals surface area (Å²) in [6.07, 6.45) is -4.54. The van der Waals surface area contributed by atoms with Crippen molar-refractivity contribution in [2.24, 2.45) is 0 Å². The zero-order valence-corrected chi connectivity index (χ0v) is 14.2. The molecule has 0 aliphatic heterocycles. The number of alkyl halides is 3. The molecule has 3 aromatic rings. The number of anilines is 1. The summed E-state index contributed by atoms with van der Waals surface area (Å²) in [5.74, 6) is -0.0626. The number of rotatable bonds is 5.